The van der Waals surface area contributed by atoms with Gasteiger partial charge in [0.15, 0.2) is 7.85 Å². The van der Waals surface area contributed by atoms with Crippen LogP contribution in [0.3, 0.4) is 0 Å². The zero-order chi connectivity index (χ0) is 8.10. The maximum atomic E-state index is 8.84. The highest BCUT2D eigenvalue weighted by Gasteiger charge is 1.84. The Balaban J connectivity index is 2.75. The summed E-state index contributed by atoms with van der Waals surface area (Å²) in [4.78, 5) is 0. The minimum Gasteiger partial charge on any atom is -0.390 e. The lowest BCUT2D eigenvalue weighted by molar-refractivity contribution is 0.311. The number of rotatable bonds is 0. The van der Waals surface area contributed by atoms with E-state index in [2.05, 4.69) is 11.8 Å². The van der Waals surface area contributed by atoms with Crippen molar-refractivity contribution in [2.24, 2.45) is 0 Å². The second kappa shape index (κ2) is 3.85. The van der Waals surface area contributed by atoms with Crippen LogP contribution in [0.1, 0.15) is 5.56 Å². The molecule has 0 spiro atoms. The molecule has 1 aromatic rings. The maximum Gasteiger partial charge on any atom is 0.154 e. The molecule has 1 N–H and O–H groups in total. The van der Waals surface area contributed by atoms with Crippen LogP contribution in [-0.2, 0) is 0 Å². The lowest BCUT2D eigenvalue weighted by Crippen LogP contribution is -1.99. The molecule has 0 bridgehead atoms. The first-order valence-corrected chi connectivity index (χ1v) is 3.53. The van der Waals surface area contributed by atoms with Gasteiger partial charge in [-0.1, -0.05) is 30.0 Å². The predicted molar refractivity (Wildman–Crippen MR) is 47.9 cm³/mol. The zero-order valence-corrected chi connectivity index (χ0v) is 6.41. The van der Waals surface area contributed by atoms with Gasteiger partial charge in [0.2, 0.25) is 0 Å². The number of aliphatic hydroxyl groups is 1. The molecular weight excluding hydrogens is 135 g/mol. The van der Waals surface area contributed by atoms with Crippen molar-refractivity contribution in [3.63, 3.8) is 0 Å². The molecule has 1 aromatic carbocycles. The van der Waals surface area contributed by atoms with Crippen LogP contribution in [0.4, 0.5) is 0 Å². The van der Waals surface area contributed by atoms with Gasteiger partial charge in [-0.15, -0.1) is 0 Å². The topological polar surface area (TPSA) is 20.2 Å². The summed E-state index contributed by atoms with van der Waals surface area (Å²) in [5.41, 5.74) is 0.938. The summed E-state index contributed by atoms with van der Waals surface area (Å²) in [6.45, 7) is 0. The van der Waals surface area contributed by atoms with E-state index in [-0.39, 0.29) is 0 Å². The fraction of sp³-hybridized carbons (Fsp3) is 0.111. The molecular formula is C9H9BO. The van der Waals surface area contributed by atoms with Crippen molar-refractivity contribution in [3.05, 3.63) is 35.9 Å². The molecule has 0 saturated heterocycles. The Hall–Kier alpha value is -1.20. The molecule has 1 rings (SSSR count). The first-order valence-electron chi connectivity index (χ1n) is 3.53. The van der Waals surface area contributed by atoms with E-state index in [9.17, 15) is 0 Å². The molecule has 0 amide bonds. The van der Waals surface area contributed by atoms with E-state index < -0.39 is 6.00 Å². The summed E-state index contributed by atoms with van der Waals surface area (Å²) in [5.74, 6) is 5.51. The van der Waals surface area contributed by atoms with E-state index in [1.807, 2.05) is 30.3 Å². The number of benzene rings is 1. The summed E-state index contributed by atoms with van der Waals surface area (Å²) in [7, 11) is 1.65. The van der Waals surface area contributed by atoms with Gasteiger partial charge < -0.3 is 5.11 Å². The SMILES string of the molecule is BC(O)C#Cc1ccccc1. The van der Waals surface area contributed by atoms with Crippen molar-refractivity contribution in [3.8, 4) is 11.8 Å². The molecule has 0 aliphatic heterocycles. The van der Waals surface area contributed by atoms with Gasteiger partial charge in [0.05, 0.1) is 6.00 Å². The van der Waals surface area contributed by atoms with Gasteiger partial charge in [0, 0.05) is 5.56 Å². The first kappa shape index (κ1) is 7.91. The van der Waals surface area contributed by atoms with Crippen LogP contribution in [0, 0.1) is 11.8 Å². The Kier molecular flexibility index (Phi) is 2.77. The Labute approximate surface area is 67.5 Å². The van der Waals surface area contributed by atoms with Crippen LogP contribution in [0.5, 0.6) is 0 Å². The van der Waals surface area contributed by atoms with Crippen molar-refractivity contribution in [1.82, 2.24) is 0 Å². The smallest absolute Gasteiger partial charge is 0.154 e. The van der Waals surface area contributed by atoms with Crippen LogP contribution >= 0.6 is 0 Å². The largest absolute Gasteiger partial charge is 0.390 e. The van der Waals surface area contributed by atoms with E-state index in [4.69, 9.17) is 5.11 Å². The quantitative estimate of drug-likeness (QED) is 0.401. The summed E-state index contributed by atoms with van der Waals surface area (Å²) in [5, 5.41) is 8.84. The minimum absolute atomic E-state index is 0.546. The third-order valence-electron chi connectivity index (χ3n) is 1.20. The molecule has 1 unspecified atom stereocenters. The van der Waals surface area contributed by atoms with Crippen LogP contribution in [-0.4, -0.2) is 19.0 Å². The Morgan fingerprint density at radius 1 is 1.27 bits per heavy atom. The third kappa shape index (κ3) is 2.93. The average molecular weight is 144 g/mol. The van der Waals surface area contributed by atoms with E-state index in [0.29, 0.717) is 0 Å². The van der Waals surface area contributed by atoms with Gasteiger partial charge in [-0.3, -0.25) is 0 Å². The van der Waals surface area contributed by atoms with Gasteiger partial charge in [-0.05, 0) is 12.1 Å². The lowest BCUT2D eigenvalue weighted by atomic mass is 10.0. The number of hydrogen-bond donors (Lipinski definition) is 1. The number of aliphatic hydroxyl groups excluding tert-OH is 1. The van der Waals surface area contributed by atoms with Gasteiger partial charge in [0.1, 0.15) is 0 Å². The molecule has 0 heterocycles. The zero-order valence-electron chi connectivity index (χ0n) is 6.41. The van der Waals surface area contributed by atoms with Crippen LogP contribution in [0.15, 0.2) is 30.3 Å². The molecule has 2 heteroatoms. The van der Waals surface area contributed by atoms with Crippen molar-refractivity contribution in [2.45, 2.75) is 6.00 Å². The molecule has 1 nitrogen and oxygen atoms in total. The highest BCUT2D eigenvalue weighted by atomic mass is 16.3. The van der Waals surface area contributed by atoms with Gasteiger partial charge in [-0.2, -0.15) is 0 Å². The minimum atomic E-state index is -0.546. The summed E-state index contributed by atoms with van der Waals surface area (Å²) < 4.78 is 0. The van der Waals surface area contributed by atoms with Crippen molar-refractivity contribution in [1.29, 1.82) is 0 Å². The second-order valence-electron chi connectivity index (χ2n) is 2.31. The van der Waals surface area contributed by atoms with Gasteiger partial charge >= 0.3 is 0 Å². The van der Waals surface area contributed by atoms with Gasteiger partial charge in [0.25, 0.3) is 0 Å². The normalized spacial score (nSPS) is 11.4. The number of hydrogen-bond acceptors (Lipinski definition) is 1. The summed E-state index contributed by atoms with van der Waals surface area (Å²) in [6.07, 6.45) is 0. The predicted octanol–water partition coefficient (Wildman–Crippen LogP) is -0.0104. The van der Waals surface area contributed by atoms with Crippen molar-refractivity contribution < 1.29 is 5.11 Å². The fourth-order valence-corrected chi connectivity index (χ4v) is 0.709. The van der Waals surface area contributed by atoms with Crippen LogP contribution < -0.4 is 0 Å². The average Bonchev–Trinajstić information content (AvgIpc) is 2.03. The maximum absolute atomic E-state index is 8.84. The molecule has 11 heavy (non-hydrogen) atoms. The molecule has 0 saturated carbocycles. The highest BCUT2D eigenvalue weighted by molar-refractivity contribution is 6.12. The van der Waals surface area contributed by atoms with E-state index in [0.717, 1.165) is 5.56 Å². The molecule has 0 aliphatic carbocycles. The van der Waals surface area contributed by atoms with Crippen LogP contribution in [0.2, 0.25) is 0 Å². The molecule has 0 radical (unpaired) electrons. The molecule has 54 valence electrons. The van der Waals surface area contributed by atoms with Crippen LogP contribution in [0.25, 0.3) is 0 Å². The Morgan fingerprint density at radius 3 is 2.45 bits per heavy atom. The van der Waals surface area contributed by atoms with Crippen molar-refractivity contribution >= 4 is 7.85 Å². The molecule has 0 fully saturated rings. The van der Waals surface area contributed by atoms with E-state index in [1.165, 1.54) is 0 Å². The first-order chi connectivity index (χ1) is 5.29. The van der Waals surface area contributed by atoms with E-state index in [1.54, 1.807) is 7.85 Å². The van der Waals surface area contributed by atoms with Gasteiger partial charge in [-0.25, -0.2) is 0 Å². The second-order valence-corrected chi connectivity index (χ2v) is 2.31. The third-order valence-corrected chi connectivity index (χ3v) is 1.20. The monoisotopic (exact) mass is 144 g/mol. The van der Waals surface area contributed by atoms with E-state index >= 15 is 0 Å². The molecule has 0 aromatic heterocycles. The Bertz CT molecular complexity index is 269. The van der Waals surface area contributed by atoms with Crippen molar-refractivity contribution in [2.75, 3.05) is 0 Å². The fourth-order valence-electron chi connectivity index (χ4n) is 0.709. The molecule has 1 atom stereocenters. The lowest BCUT2D eigenvalue weighted by Gasteiger charge is -1.88. The summed E-state index contributed by atoms with van der Waals surface area (Å²) >= 11 is 0. The highest BCUT2D eigenvalue weighted by Crippen LogP contribution is 1.94. The summed E-state index contributed by atoms with van der Waals surface area (Å²) in [6, 6.07) is 9.06. The Morgan fingerprint density at radius 2 is 1.91 bits per heavy atom. The standard InChI is InChI=1S/C9H9BO/c10-9(11)7-6-8-4-2-1-3-5-8/h1-5,9,11H,10H2. The molecule has 0 aliphatic rings.